The number of hydrogen-bond donors (Lipinski definition) is 2. The Hall–Kier alpha value is -2.86. The lowest BCUT2D eigenvalue weighted by Crippen LogP contribution is -2.27. The van der Waals surface area contributed by atoms with Gasteiger partial charge in [-0.15, -0.1) is 0 Å². The van der Waals surface area contributed by atoms with E-state index in [0.717, 1.165) is 28.1 Å². The standard InChI is InChI=1S/C25H28BrN3O2/c1-16(2)27-23-12-8-11-21(18(23)4)25(31)29(26)15-22-20(13-17(3)28-24(22)30)14-19-9-6-5-7-10-19/h5-13,16,27H,14-15H2,1-4H3,(H,28,30). The van der Waals surface area contributed by atoms with Gasteiger partial charge < -0.3 is 10.3 Å². The Morgan fingerprint density at radius 2 is 1.81 bits per heavy atom. The summed E-state index contributed by atoms with van der Waals surface area (Å²) in [6.07, 6.45) is 0.628. The predicted molar refractivity (Wildman–Crippen MR) is 130 cm³/mol. The molecule has 1 amide bonds. The van der Waals surface area contributed by atoms with Gasteiger partial charge in [0.15, 0.2) is 0 Å². The van der Waals surface area contributed by atoms with E-state index in [1.54, 1.807) is 0 Å². The molecule has 3 aromatic rings. The molecule has 1 heterocycles. The van der Waals surface area contributed by atoms with Crippen molar-refractivity contribution in [3.8, 4) is 0 Å². The molecular formula is C25H28BrN3O2. The van der Waals surface area contributed by atoms with Crippen LogP contribution >= 0.6 is 16.1 Å². The third-order valence-electron chi connectivity index (χ3n) is 5.13. The monoisotopic (exact) mass is 481 g/mol. The summed E-state index contributed by atoms with van der Waals surface area (Å²) in [5, 5.41) is 3.37. The Morgan fingerprint density at radius 3 is 2.48 bits per heavy atom. The summed E-state index contributed by atoms with van der Waals surface area (Å²) < 4.78 is 1.43. The van der Waals surface area contributed by atoms with Gasteiger partial charge in [-0.3, -0.25) is 13.5 Å². The van der Waals surface area contributed by atoms with Gasteiger partial charge in [0.25, 0.3) is 11.5 Å². The highest BCUT2D eigenvalue weighted by Crippen LogP contribution is 2.24. The number of rotatable bonds is 7. The molecule has 2 N–H and O–H groups in total. The molecular weight excluding hydrogens is 454 g/mol. The van der Waals surface area contributed by atoms with Gasteiger partial charge in [0, 0.05) is 28.6 Å². The first kappa shape index (κ1) is 22.8. The van der Waals surface area contributed by atoms with E-state index in [1.165, 1.54) is 3.93 Å². The number of benzene rings is 2. The summed E-state index contributed by atoms with van der Waals surface area (Å²) in [7, 11) is 0. The first-order valence-electron chi connectivity index (χ1n) is 10.4. The Kier molecular flexibility index (Phi) is 7.33. The number of aromatic amines is 1. The van der Waals surface area contributed by atoms with Crippen LogP contribution in [0.5, 0.6) is 0 Å². The minimum Gasteiger partial charge on any atom is -0.383 e. The Bertz CT molecular complexity index is 1120. The van der Waals surface area contributed by atoms with Crippen LogP contribution in [0.1, 0.15) is 52.2 Å². The Labute approximate surface area is 191 Å². The van der Waals surface area contributed by atoms with Crippen LogP contribution in [0.25, 0.3) is 0 Å². The second kappa shape index (κ2) is 9.96. The smallest absolute Gasteiger partial charge is 0.264 e. The van der Waals surface area contributed by atoms with Gasteiger partial charge in [-0.1, -0.05) is 36.4 Å². The van der Waals surface area contributed by atoms with E-state index < -0.39 is 0 Å². The number of aryl methyl sites for hydroxylation is 1. The third-order valence-corrected chi connectivity index (χ3v) is 5.70. The van der Waals surface area contributed by atoms with Crippen molar-refractivity contribution < 1.29 is 4.79 Å². The van der Waals surface area contributed by atoms with Crippen LogP contribution in [0.3, 0.4) is 0 Å². The number of pyridine rings is 1. The number of nitrogens with zero attached hydrogens (tertiary/aromatic N) is 1. The molecule has 0 aliphatic carbocycles. The number of anilines is 1. The van der Waals surface area contributed by atoms with Crippen molar-refractivity contribution in [3.05, 3.63) is 98.5 Å². The van der Waals surface area contributed by atoms with Crippen LogP contribution in [0, 0.1) is 13.8 Å². The lowest BCUT2D eigenvalue weighted by molar-refractivity contribution is 0.0872. The van der Waals surface area contributed by atoms with Gasteiger partial charge in [0.1, 0.15) is 0 Å². The topological polar surface area (TPSA) is 65.2 Å². The average Bonchev–Trinajstić information content (AvgIpc) is 2.72. The van der Waals surface area contributed by atoms with Crippen LogP contribution in [-0.4, -0.2) is 20.9 Å². The maximum Gasteiger partial charge on any atom is 0.264 e. The lowest BCUT2D eigenvalue weighted by atomic mass is 10.00. The van der Waals surface area contributed by atoms with E-state index in [4.69, 9.17) is 0 Å². The minimum atomic E-state index is -0.185. The zero-order valence-corrected chi connectivity index (χ0v) is 19.9. The molecule has 162 valence electrons. The summed E-state index contributed by atoms with van der Waals surface area (Å²) in [6.45, 7) is 8.08. The number of halogens is 1. The van der Waals surface area contributed by atoms with Gasteiger partial charge in [-0.05, 0) is 69.0 Å². The number of hydrogen-bond acceptors (Lipinski definition) is 3. The van der Waals surface area contributed by atoms with Crippen molar-refractivity contribution in [2.24, 2.45) is 0 Å². The molecule has 3 rings (SSSR count). The number of carbonyl (C=O) groups excluding carboxylic acids is 1. The normalized spacial score (nSPS) is 10.9. The summed E-state index contributed by atoms with van der Waals surface area (Å²) in [4.78, 5) is 28.8. The zero-order chi connectivity index (χ0) is 22.5. The summed E-state index contributed by atoms with van der Waals surface area (Å²) in [5.41, 5.74) is 5.64. The number of H-pyrrole nitrogens is 1. The van der Waals surface area contributed by atoms with Gasteiger partial charge in [-0.25, -0.2) is 0 Å². The summed E-state index contributed by atoms with van der Waals surface area (Å²) in [5.74, 6) is -0.185. The van der Waals surface area contributed by atoms with Gasteiger partial charge in [0.05, 0.1) is 22.7 Å². The van der Waals surface area contributed by atoms with Crippen LogP contribution < -0.4 is 10.9 Å². The van der Waals surface area contributed by atoms with E-state index in [1.807, 2.05) is 68.4 Å². The molecule has 6 heteroatoms. The molecule has 31 heavy (non-hydrogen) atoms. The van der Waals surface area contributed by atoms with E-state index in [2.05, 4.69) is 40.3 Å². The molecule has 0 spiro atoms. The molecule has 0 bridgehead atoms. The highest BCUT2D eigenvalue weighted by Gasteiger charge is 2.20. The van der Waals surface area contributed by atoms with E-state index in [0.29, 0.717) is 17.5 Å². The first-order chi connectivity index (χ1) is 14.8. The van der Waals surface area contributed by atoms with E-state index in [9.17, 15) is 9.59 Å². The first-order valence-corrected chi connectivity index (χ1v) is 11.1. The van der Waals surface area contributed by atoms with Crippen molar-refractivity contribution in [2.75, 3.05) is 5.32 Å². The van der Waals surface area contributed by atoms with E-state index >= 15 is 0 Å². The number of amides is 1. The molecule has 0 atom stereocenters. The SMILES string of the molecule is Cc1cc(Cc2ccccc2)c(CN(Br)C(=O)c2cccc(NC(C)C)c2C)c(=O)[nH]1. The number of carbonyl (C=O) groups is 1. The quantitative estimate of drug-likeness (QED) is 0.446. The summed E-state index contributed by atoms with van der Waals surface area (Å²) >= 11 is 3.41. The fourth-order valence-electron chi connectivity index (χ4n) is 3.61. The molecule has 0 unspecified atom stereocenters. The van der Waals surface area contributed by atoms with Gasteiger partial charge in [-0.2, -0.15) is 0 Å². The van der Waals surface area contributed by atoms with Crippen LogP contribution in [0.15, 0.2) is 59.4 Å². The van der Waals surface area contributed by atoms with Crippen LogP contribution in [0.2, 0.25) is 0 Å². The van der Waals surface area contributed by atoms with E-state index in [-0.39, 0.29) is 24.1 Å². The highest BCUT2D eigenvalue weighted by molar-refractivity contribution is 9.07. The second-order valence-corrected chi connectivity index (χ2v) is 8.91. The molecule has 2 aromatic carbocycles. The molecule has 0 saturated carbocycles. The number of aromatic nitrogens is 1. The van der Waals surface area contributed by atoms with Crippen molar-refractivity contribution in [3.63, 3.8) is 0 Å². The largest absolute Gasteiger partial charge is 0.383 e. The fourth-order valence-corrected chi connectivity index (χ4v) is 4.05. The van der Waals surface area contributed by atoms with Crippen molar-refractivity contribution in [1.29, 1.82) is 0 Å². The van der Waals surface area contributed by atoms with Crippen molar-refractivity contribution in [1.82, 2.24) is 8.91 Å². The van der Waals surface area contributed by atoms with Gasteiger partial charge in [0.2, 0.25) is 0 Å². The second-order valence-electron chi connectivity index (χ2n) is 8.05. The minimum absolute atomic E-state index is 0.165. The fraction of sp³-hybridized carbons (Fsp3) is 0.280. The Balaban J connectivity index is 1.89. The zero-order valence-electron chi connectivity index (χ0n) is 18.3. The third kappa shape index (κ3) is 5.64. The molecule has 0 saturated heterocycles. The predicted octanol–water partition coefficient (Wildman–Crippen LogP) is 5.36. The van der Waals surface area contributed by atoms with Crippen LogP contribution in [0.4, 0.5) is 5.69 Å². The van der Waals surface area contributed by atoms with Crippen molar-refractivity contribution in [2.45, 2.75) is 46.7 Å². The molecule has 0 aliphatic rings. The van der Waals surface area contributed by atoms with Gasteiger partial charge >= 0.3 is 0 Å². The molecule has 5 nitrogen and oxygen atoms in total. The molecule has 1 aromatic heterocycles. The molecule has 0 aliphatic heterocycles. The molecule has 0 fully saturated rings. The van der Waals surface area contributed by atoms with Crippen molar-refractivity contribution >= 4 is 27.7 Å². The summed E-state index contributed by atoms with van der Waals surface area (Å²) in [6, 6.07) is 17.9. The maximum atomic E-state index is 13.2. The highest BCUT2D eigenvalue weighted by atomic mass is 79.9. The van der Waals surface area contributed by atoms with Crippen LogP contribution in [-0.2, 0) is 13.0 Å². The average molecular weight is 482 g/mol. The Morgan fingerprint density at radius 1 is 1.10 bits per heavy atom. The lowest BCUT2D eigenvalue weighted by Gasteiger charge is -2.20. The molecule has 0 radical (unpaired) electrons. The number of nitrogens with one attached hydrogen (secondary N) is 2. The maximum absolute atomic E-state index is 13.2.